The molecule has 0 aromatic carbocycles. The Balaban J connectivity index is 4.22. The average molecular weight is 684 g/mol. The van der Waals surface area contributed by atoms with E-state index in [9.17, 15) is 14.4 Å². The lowest BCUT2D eigenvalue weighted by Crippen LogP contribution is -2.28. The fourth-order valence-corrected chi connectivity index (χ4v) is 5.48. The molecule has 49 heavy (non-hydrogen) atoms. The van der Waals surface area contributed by atoms with E-state index >= 15 is 0 Å². The number of hydrogen-bond donors (Lipinski definition) is 2. The molecule has 0 saturated heterocycles. The van der Waals surface area contributed by atoms with Crippen LogP contribution in [0.1, 0.15) is 181 Å². The van der Waals surface area contributed by atoms with E-state index in [4.69, 9.17) is 9.84 Å². The molecule has 0 aromatic rings. The van der Waals surface area contributed by atoms with Crippen molar-refractivity contribution in [2.45, 2.75) is 187 Å². The first-order valence-corrected chi connectivity index (χ1v) is 19.9. The standard InChI is InChI=1S/C43H73NO5/c1-3-5-7-9-11-13-15-16-17-18-19-20-21-23-25-27-29-34-38-43(48)49-40(36-32-30-33-37-41(45)44-39-42(46)47)35-31-28-26-24-22-14-12-10-8-6-4-2/h6,8,12,14,17-18,24,26,31,35,40H,3-5,7,9-11,13,15-16,19-23,25,27-30,32-34,36-39H2,1-2H3,(H,44,45)(H,46,47)/b8-6-,14-12-,18-17-,26-24-,35-31-. The van der Waals surface area contributed by atoms with Gasteiger partial charge in [-0.15, -0.1) is 0 Å². The highest BCUT2D eigenvalue weighted by Gasteiger charge is 2.12. The third-order valence-corrected chi connectivity index (χ3v) is 8.41. The zero-order valence-electron chi connectivity index (χ0n) is 31.5. The number of unbranched alkanes of at least 4 members (excludes halogenated alkanes) is 16. The number of esters is 1. The summed E-state index contributed by atoms with van der Waals surface area (Å²) in [6.45, 7) is 4.06. The van der Waals surface area contributed by atoms with Gasteiger partial charge in [-0.05, 0) is 83.1 Å². The molecule has 0 fully saturated rings. The lowest BCUT2D eigenvalue weighted by molar-refractivity contribution is -0.147. The maximum Gasteiger partial charge on any atom is 0.322 e. The molecule has 0 aliphatic heterocycles. The van der Waals surface area contributed by atoms with E-state index in [0.29, 0.717) is 25.7 Å². The fraction of sp³-hybridized carbons (Fsp3) is 0.698. The van der Waals surface area contributed by atoms with Crippen LogP contribution in [-0.4, -0.2) is 35.6 Å². The Hall–Kier alpha value is -2.89. The molecular weight excluding hydrogens is 610 g/mol. The van der Waals surface area contributed by atoms with Crippen LogP contribution in [0.25, 0.3) is 0 Å². The molecular formula is C43H73NO5. The molecule has 0 bridgehead atoms. The van der Waals surface area contributed by atoms with Gasteiger partial charge in [-0.25, -0.2) is 0 Å². The molecule has 0 saturated carbocycles. The molecule has 280 valence electrons. The minimum Gasteiger partial charge on any atom is -0.480 e. The molecule has 1 atom stereocenters. The van der Waals surface area contributed by atoms with Crippen LogP contribution in [0.5, 0.6) is 0 Å². The van der Waals surface area contributed by atoms with E-state index in [0.717, 1.165) is 51.4 Å². The van der Waals surface area contributed by atoms with Gasteiger partial charge >= 0.3 is 11.9 Å². The minimum atomic E-state index is -1.04. The molecule has 1 amide bonds. The number of nitrogens with one attached hydrogen (secondary N) is 1. The summed E-state index contributed by atoms with van der Waals surface area (Å²) in [6.07, 6.45) is 49.3. The Labute approximate surface area is 301 Å². The Morgan fingerprint density at radius 1 is 0.571 bits per heavy atom. The van der Waals surface area contributed by atoms with Crippen LogP contribution >= 0.6 is 0 Å². The quantitative estimate of drug-likeness (QED) is 0.0394. The number of rotatable bonds is 35. The van der Waals surface area contributed by atoms with Crippen molar-refractivity contribution in [3.8, 4) is 0 Å². The monoisotopic (exact) mass is 684 g/mol. The van der Waals surface area contributed by atoms with Crippen LogP contribution in [0.3, 0.4) is 0 Å². The topological polar surface area (TPSA) is 92.7 Å². The molecule has 1 unspecified atom stereocenters. The smallest absolute Gasteiger partial charge is 0.322 e. The van der Waals surface area contributed by atoms with Crippen LogP contribution in [0.2, 0.25) is 0 Å². The van der Waals surface area contributed by atoms with Gasteiger partial charge in [0.25, 0.3) is 0 Å². The van der Waals surface area contributed by atoms with Gasteiger partial charge in [0.1, 0.15) is 12.6 Å². The normalized spacial score (nSPS) is 12.7. The number of amides is 1. The summed E-state index contributed by atoms with van der Waals surface area (Å²) >= 11 is 0. The Morgan fingerprint density at radius 2 is 1.06 bits per heavy atom. The molecule has 0 aliphatic rings. The number of hydrogen-bond acceptors (Lipinski definition) is 4. The molecule has 0 rings (SSSR count). The Morgan fingerprint density at radius 3 is 1.63 bits per heavy atom. The third kappa shape index (κ3) is 37.8. The number of aliphatic carboxylic acids is 1. The highest BCUT2D eigenvalue weighted by Crippen LogP contribution is 2.15. The van der Waals surface area contributed by atoms with E-state index in [1.54, 1.807) is 0 Å². The third-order valence-electron chi connectivity index (χ3n) is 8.41. The molecule has 6 nitrogen and oxygen atoms in total. The van der Waals surface area contributed by atoms with Gasteiger partial charge in [0.2, 0.25) is 5.91 Å². The molecule has 0 heterocycles. The predicted molar refractivity (Wildman–Crippen MR) is 208 cm³/mol. The number of carboxylic acid groups (broad SMARTS) is 1. The first-order chi connectivity index (χ1) is 24.0. The summed E-state index contributed by atoms with van der Waals surface area (Å²) in [5, 5.41) is 11.1. The van der Waals surface area contributed by atoms with Crippen LogP contribution in [0.15, 0.2) is 60.8 Å². The van der Waals surface area contributed by atoms with Crippen molar-refractivity contribution in [3.05, 3.63) is 60.8 Å². The number of ether oxygens (including phenoxy) is 1. The minimum absolute atomic E-state index is 0.135. The first-order valence-electron chi connectivity index (χ1n) is 19.9. The highest BCUT2D eigenvalue weighted by atomic mass is 16.5. The summed E-state index contributed by atoms with van der Waals surface area (Å²) in [5.41, 5.74) is 0. The van der Waals surface area contributed by atoms with E-state index in [1.165, 1.54) is 89.9 Å². The van der Waals surface area contributed by atoms with Crippen LogP contribution in [0.4, 0.5) is 0 Å². The molecule has 0 radical (unpaired) electrons. The van der Waals surface area contributed by atoms with Crippen molar-refractivity contribution in [2.75, 3.05) is 6.54 Å². The van der Waals surface area contributed by atoms with Crippen molar-refractivity contribution < 1.29 is 24.2 Å². The number of carbonyl (C=O) groups excluding carboxylic acids is 2. The largest absolute Gasteiger partial charge is 0.480 e. The Bertz CT molecular complexity index is 933. The maximum atomic E-state index is 12.6. The van der Waals surface area contributed by atoms with E-state index in [2.05, 4.69) is 73.8 Å². The average Bonchev–Trinajstić information content (AvgIpc) is 3.08. The Kier molecular flexibility index (Phi) is 35.7. The van der Waals surface area contributed by atoms with E-state index in [1.807, 2.05) is 6.08 Å². The summed E-state index contributed by atoms with van der Waals surface area (Å²) in [6, 6.07) is 0. The molecule has 0 spiro atoms. The van der Waals surface area contributed by atoms with Crippen LogP contribution in [0, 0.1) is 0 Å². The maximum absolute atomic E-state index is 12.6. The van der Waals surface area contributed by atoms with Gasteiger partial charge in [-0.3, -0.25) is 14.4 Å². The van der Waals surface area contributed by atoms with Gasteiger partial charge in [-0.2, -0.15) is 0 Å². The van der Waals surface area contributed by atoms with Gasteiger partial charge in [0.15, 0.2) is 0 Å². The number of allylic oxidation sites excluding steroid dienone is 9. The second-order valence-corrected chi connectivity index (χ2v) is 13.2. The van der Waals surface area contributed by atoms with Gasteiger partial charge < -0.3 is 15.2 Å². The van der Waals surface area contributed by atoms with E-state index in [-0.39, 0.29) is 24.5 Å². The second-order valence-electron chi connectivity index (χ2n) is 13.2. The molecule has 2 N–H and O–H groups in total. The molecule has 0 aromatic heterocycles. The van der Waals surface area contributed by atoms with Crippen molar-refractivity contribution in [2.24, 2.45) is 0 Å². The van der Waals surface area contributed by atoms with E-state index < -0.39 is 5.97 Å². The van der Waals surface area contributed by atoms with Crippen LogP contribution in [-0.2, 0) is 19.1 Å². The van der Waals surface area contributed by atoms with Gasteiger partial charge in [0, 0.05) is 12.8 Å². The van der Waals surface area contributed by atoms with Crippen molar-refractivity contribution in [1.82, 2.24) is 5.32 Å². The predicted octanol–water partition coefficient (Wildman–Crippen LogP) is 12.1. The number of carboxylic acids is 1. The fourth-order valence-electron chi connectivity index (χ4n) is 5.48. The van der Waals surface area contributed by atoms with Crippen LogP contribution < -0.4 is 5.32 Å². The van der Waals surface area contributed by atoms with Gasteiger partial charge in [-0.1, -0.05) is 146 Å². The van der Waals surface area contributed by atoms with Gasteiger partial charge in [0.05, 0.1) is 0 Å². The van der Waals surface area contributed by atoms with Crippen molar-refractivity contribution in [3.63, 3.8) is 0 Å². The lowest BCUT2D eigenvalue weighted by Gasteiger charge is -2.14. The second kappa shape index (κ2) is 37.9. The zero-order chi connectivity index (χ0) is 35.9. The summed E-state index contributed by atoms with van der Waals surface area (Å²) < 4.78 is 5.85. The molecule has 0 aliphatic carbocycles. The van der Waals surface area contributed by atoms with Crippen molar-refractivity contribution >= 4 is 17.8 Å². The molecule has 6 heteroatoms. The summed E-state index contributed by atoms with van der Waals surface area (Å²) in [7, 11) is 0. The summed E-state index contributed by atoms with van der Waals surface area (Å²) in [5.74, 6) is -1.42. The summed E-state index contributed by atoms with van der Waals surface area (Å²) in [4.78, 5) is 35.0. The number of carbonyl (C=O) groups is 3. The highest BCUT2D eigenvalue weighted by molar-refractivity contribution is 5.80. The lowest BCUT2D eigenvalue weighted by atomic mass is 10.1. The zero-order valence-corrected chi connectivity index (χ0v) is 31.5. The first kappa shape index (κ1) is 46.1. The SMILES string of the molecule is CC/C=C\C/C=C\C/C=C\C/C=C\C(CCCCCC(=O)NCC(=O)O)OC(=O)CCCCCCCCC/C=C\CCCCCCCCC. The van der Waals surface area contributed by atoms with Crippen molar-refractivity contribution in [1.29, 1.82) is 0 Å².